The zero-order valence-electron chi connectivity index (χ0n) is 12.2. The van der Waals surface area contributed by atoms with Crippen molar-refractivity contribution in [1.82, 2.24) is 4.90 Å². The topological polar surface area (TPSA) is 69.6 Å². The number of hydrogen-bond donors (Lipinski definition) is 2. The van der Waals surface area contributed by atoms with E-state index in [1.54, 1.807) is 6.92 Å². The van der Waals surface area contributed by atoms with Crippen molar-refractivity contribution in [3.63, 3.8) is 0 Å². The minimum atomic E-state index is -1.20. The molecule has 1 fully saturated rings. The molecule has 5 nitrogen and oxygen atoms in total. The van der Waals surface area contributed by atoms with Crippen molar-refractivity contribution in [1.29, 1.82) is 0 Å². The van der Waals surface area contributed by atoms with Gasteiger partial charge in [-0.05, 0) is 31.9 Å². The first-order valence-electron chi connectivity index (χ1n) is 7.12. The van der Waals surface area contributed by atoms with E-state index in [-0.39, 0.29) is 18.2 Å². The Morgan fingerprint density at radius 2 is 2.14 bits per heavy atom. The first-order chi connectivity index (χ1) is 10.4. The van der Waals surface area contributed by atoms with Gasteiger partial charge in [0.1, 0.15) is 0 Å². The SMILES string of the molecule is CC(O)C1CCCN(C(=O)C(=O)Nc2cccc(F)c2F)C1. The lowest BCUT2D eigenvalue weighted by molar-refractivity contribution is -0.144. The number of anilines is 1. The number of piperidine rings is 1. The standard InChI is InChI=1S/C15H18F2N2O3/c1-9(20)10-4-3-7-19(8-10)15(22)14(21)18-12-6-2-5-11(16)13(12)17/h2,5-6,9-10,20H,3-4,7-8H2,1H3,(H,18,21). The fourth-order valence-corrected chi connectivity index (χ4v) is 2.51. The highest BCUT2D eigenvalue weighted by Crippen LogP contribution is 2.21. The molecular weight excluding hydrogens is 294 g/mol. The van der Waals surface area contributed by atoms with Crippen LogP contribution in [-0.4, -0.2) is 41.0 Å². The number of nitrogens with zero attached hydrogens (tertiary/aromatic N) is 1. The van der Waals surface area contributed by atoms with Gasteiger partial charge in [-0.3, -0.25) is 9.59 Å². The van der Waals surface area contributed by atoms with Crippen LogP contribution >= 0.6 is 0 Å². The highest BCUT2D eigenvalue weighted by atomic mass is 19.2. The van der Waals surface area contributed by atoms with Crippen molar-refractivity contribution in [2.75, 3.05) is 18.4 Å². The van der Waals surface area contributed by atoms with Crippen LogP contribution in [0.4, 0.5) is 14.5 Å². The molecule has 2 rings (SSSR count). The lowest BCUT2D eigenvalue weighted by Gasteiger charge is -2.33. The molecule has 2 amide bonds. The van der Waals surface area contributed by atoms with Gasteiger partial charge in [-0.1, -0.05) is 6.07 Å². The second kappa shape index (κ2) is 6.83. The number of aliphatic hydroxyl groups is 1. The molecule has 0 radical (unpaired) electrons. The molecule has 1 aliphatic heterocycles. The number of likely N-dealkylation sites (tertiary alicyclic amines) is 1. The van der Waals surface area contributed by atoms with Crippen LogP contribution in [0.25, 0.3) is 0 Å². The molecule has 0 aromatic heterocycles. The second-order valence-electron chi connectivity index (χ2n) is 5.45. The normalized spacial score (nSPS) is 19.6. The van der Waals surface area contributed by atoms with Crippen LogP contribution in [-0.2, 0) is 9.59 Å². The fraction of sp³-hybridized carbons (Fsp3) is 0.467. The average molecular weight is 312 g/mol. The van der Waals surface area contributed by atoms with E-state index in [1.165, 1.54) is 17.0 Å². The Morgan fingerprint density at radius 1 is 1.41 bits per heavy atom. The van der Waals surface area contributed by atoms with E-state index in [0.29, 0.717) is 13.0 Å². The van der Waals surface area contributed by atoms with Crippen molar-refractivity contribution in [2.24, 2.45) is 5.92 Å². The third-order valence-electron chi connectivity index (χ3n) is 3.82. The summed E-state index contributed by atoms with van der Waals surface area (Å²) in [5.41, 5.74) is -0.373. The number of nitrogens with one attached hydrogen (secondary N) is 1. The fourth-order valence-electron chi connectivity index (χ4n) is 2.51. The highest BCUT2D eigenvalue weighted by Gasteiger charge is 2.30. The molecule has 2 atom stereocenters. The third kappa shape index (κ3) is 3.59. The number of halogens is 2. The average Bonchev–Trinajstić information content (AvgIpc) is 2.51. The van der Waals surface area contributed by atoms with Gasteiger partial charge in [0.2, 0.25) is 0 Å². The molecule has 7 heteroatoms. The van der Waals surface area contributed by atoms with E-state index >= 15 is 0 Å². The molecule has 0 bridgehead atoms. The molecule has 1 aliphatic rings. The maximum absolute atomic E-state index is 13.5. The predicted octanol–water partition coefficient (Wildman–Crippen LogP) is 1.52. The van der Waals surface area contributed by atoms with Gasteiger partial charge in [-0.2, -0.15) is 0 Å². The maximum atomic E-state index is 13.5. The molecule has 1 heterocycles. The summed E-state index contributed by atoms with van der Waals surface area (Å²) in [5, 5.41) is 11.7. The summed E-state index contributed by atoms with van der Waals surface area (Å²) in [6, 6.07) is 3.34. The molecule has 2 unspecified atom stereocenters. The molecular formula is C15H18F2N2O3. The van der Waals surface area contributed by atoms with Crippen molar-refractivity contribution >= 4 is 17.5 Å². The van der Waals surface area contributed by atoms with Crippen molar-refractivity contribution < 1.29 is 23.5 Å². The Balaban J connectivity index is 2.03. The highest BCUT2D eigenvalue weighted by molar-refractivity contribution is 6.39. The maximum Gasteiger partial charge on any atom is 0.313 e. The van der Waals surface area contributed by atoms with E-state index in [4.69, 9.17) is 0 Å². The Labute approximate surface area is 126 Å². The van der Waals surface area contributed by atoms with Crippen molar-refractivity contribution in [3.05, 3.63) is 29.8 Å². The number of carbonyl (C=O) groups excluding carboxylic acids is 2. The Bertz CT molecular complexity index is 578. The largest absolute Gasteiger partial charge is 0.393 e. The van der Waals surface area contributed by atoms with Gasteiger partial charge in [0.05, 0.1) is 11.8 Å². The van der Waals surface area contributed by atoms with Gasteiger partial charge in [0, 0.05) is 19.0 Å². The molecule has 22 heavy (non-hydrogen) atoms. The zero-order valence-corrected chi connectivity index (χ0v) is 12.2. The monoisotopic (exact) mass is 312 g/mol. The first-order valence-corrected chi connectivity index (χ1v) is 7.12. The summed E-state index contributed by atoms with van der Waals surface area (Å²) in [4.78, 5) is 25.3. The summed E-state index contributed by atoms with van der Waals surface area (Å²) in [6.45, 7) is 2.32. The van der Waals surface area contributed by atoms with E-state index in [1.807, 2.05) is 0 Å². The smallest absolute Gasteiger partial charge is 0.313 e. The molecule has 0 saturated carbocycles. The van der Waals surface area contributed by atoms with Crippen LogP contribution in [0.15, 0.2) is 18.2 Å². The minimum absolute atomic E-state index is 0.0867. The number of hydrogen-bond acceptors (Lipinski definition) is 3. The lowest BCUT2D eigenvalue weighted by atomic mass is 9.93. The first kappa shape index (κ1) is 16.4. The third-order valence-corrected chi connectivity index (χ3v) is 3.82. The van der Waals surface area contributed by atoms with Gasteiger partial charge in [0.15, 0.2) is 11.6 Å². The number of aliphatic hydroxyl groups excluding tert-OH is 1. The van der Waals surface area contributed by atoms with Crippen LogP contribution in [0.2, 0.25) is 0 Å². The van der Waals surface area contributed by atoms with E-state index in [9.17, 15) is 23.5 Å². The van der Waals surface area contributed by atoms with Crippen LogP contribution < -0.4 is 5.32 Å². The Morgan fingerprint density at radius 3 is 2.82 bits per heavy atom. The minimum Gasteiger partial charge on any atom is -0.393 e. The Hall–Kier alpha value is -2.02. The lowest BCUT2D eigenvalue weighted by Crippen LogP contribution is -2.47. The van der Waals surface area contributed by atoms with E-state index < -0.39 is 29.6 Å². The molecule has 1 aromatic rings. The summed E-state index contributed by atoms with van der Waals surface area (Å²) < 4.78 is 26.6. The van der Waals surface area contributed by atoms with Crippen molar-refractivity contribution in [2.45, 2.75) is 25.9 Å². The van der Waals surface area contributed by atoms with E-state index in [2.05, 4.69) is 5.32 Å². The van der Waals surface area contributed by atoms with Gasteiger partial charge >= 0.3 is 11.8 Å². The Kier molecular flexibility index (Phi) is 5.07. The zero-order chi connectivity index (χ0) is 16.3. The van der Waals surface area contributed by atoms with Gasteiger partial charge < -0.3 is 15.3 Å². The summed E-state index contributed by atoms with van der Waals surface area (Å²) in [5.74, 6) is -4.22. The number of benzene rings is 1. The van der Waals surface area contributed by atoms with Crippen LogP contribution in [0, 0.1) is 17.6 Å². The molecule has 1 saturated heterocycles. The number of rotatable bonds is 2. The molecule has 0 spiro atoms. The van der Waals surface area contributed by atoms with Crippen LogP contribution in [0.1, 0.15) is 19.8 Å². The second-order valence-corrected chi connectivity index (χ2v) is 5.45. The summed E-state index contributed by atoms with van der Waals surface area (Å²) in [6.07, 6.45) is 0.893. The molecule has 2 N–H and O–H groups in total. The predicted molar refractivity (Wildman–Crippen MR) is 76.0 cm³/mol. The van der Waals surface area contributed by atoms with Crippen LogP contribution in [0.5, 0.6) is 0 Å². The molecule has 0 aliphatic carbocycles. The van der Waals surface area contributed by atoms with Gasteiger partial charge in [-0.25, -0.2) is 8.78 Å². The summed E-state index contributed by atoms with van der Waals surface area (Å²) in [7, 11) is 0. The molecule has 1 aromatic carbocycles. The summed E-state index contributed by atoms with van der Waals surface area (Å²) >= 11 is 0. The molecule has 120 valence electrons. The van der Waals surface area contributed by atoms with E-state index in [0.717, 1.165) is 12.5 Å². The number of carbonyl (C=O) groups is 2. The van der Waals surface area contributed by atoms with Crippen molar-refractivity contribution in [3.8, 4) is 0 Å². The number of amides is 2. The quantitative estimate of drug-likeness (QED) is 0.814. The van der Waals surface area contributed by atoms with Gasteiger partial charge in [0.25, 0.3) is 0 Å². The van der Waals surface area contributed by atoms with Gasteiger partial charge in [-0.15, -0.1) is 0 Å². The van der Waals surface area contributed by atoms with Crippen LogP contribution in [0.3, 0.4) is 0 Å².